The van der Waals surface area contributed by atoms with Crippen LogP contribution in [-0.2, 0) is 4.79 Å². The SMILES string of the molecule is CC(C)=CC(=O)C1=C(I)C(C)(C)CCC1O. The van der Waals surface area contributed by atoms with E-state index in [1.807, 2.05) is 13.8 Å². The van der Waals surface area contributed by atoms with Crippen LogP contribution in [0.1, 0.15) is 40.5 Å². The van der Waals surface area contributed by atoms with Crippen molar-refractivity contribution in [2.45, 2.75) is 46.6 Å². The monoisotopic (exact) mass is 334 g/mol. The van der Waals surface area contributed by atoms with Crippen LogP contribution in [-0.4, -0.2) is 17.0 Å². The van der Waals surface area contributed by atoms with E-state index in [-0.39, 0.29) is 11.2 Å². The summed E-state index contributed by atoms with van der Waals surface area (Å²) >= 11 is 2.21. The Labute approximate surface area is 111 Å². The van der Waals surface area contributed by atoms with Gasteiger partial charge in [-0.1, -0.05) is 19.4 Å². The third-order valence-electron chi connectivity index (χ3n) is 2.89. The number of hydrogen-bond acceptors (Lipinski definition) is 2. The maximum Gasteiger partial charge on any atom is 0.185 e. The molecule has 1 rings (SSSR count). The summed E-state index contributed by atoms with van der Waals surface area (Å²) < 4.78 is 1.01. The van der Waals surface area contributed by atoms with Gasteiger partial charge in [0.05, 0.1) is 6.10 Å². The molecule has 1 atom stereocenters. The molecule has 1 unspecified atom stereocenters. The molecule has 0 spiro atoms. The average molecular weight is 334 g/mol. The predicted molar refractivity (Wildman–Crippen MR) is 74.5 cm³/mol. The van der Waals surface area contributed by atoms with Gasteiger partial charge in [-0.25, -0.2) is 0 Å². The van der Waals surface area contributed by atoms with Crippen LogP contribution in [0.5, 0.6) is 0 Å². The van der Waals surface area contributed by atoms with E-state index in [0.29, 0.717) is 12.0 Å². The van der Waals surface area contributed by atoms with Crippen molar-refractivity contribution in [2.75, 3.05) is 0 Å². The smallest absolute Gasteiger partial charge is 0.185 e. The molecule has 0 saturated heterocycles. The number of carbonyl (C=O) groups is 1. The highest BCUT2D eigenvalue weighted by atomic mass is 127. The zero-order valence-corrected chi connectivity index (χ0v) is 12.5. The molecule has 0 aliphatic heterocycles. The Bertz CT molecular complexity index is 360. The van der Waals surface area contributed by atoms with Crippen molar-refractivity contribution in [2.24, 2.45) is 5.41 Å². The Morgan fingerprint density at radius 3 is 2.56 bits per heavy atom. The summed E-state index contributed by atoms with van der Waals surface area (Å²) in [5.74, 6) is -0.0373. The highest BCUT2D eigenvalue weighted by Gasteiger charge is 2.35. The second-order valence-corrected chi connectivity index (χ2v) is 6.33. The molecule has 0 radical (unpaired) electrons. The van der Waals surface area contributed by atoms with Gasteiger partial charge in [-0.3, -0.25) is 4.79 Å². The van der Waals surface area contributed by atoms with Gasteiger partial charge in [0, 0.05) is 9.15 Å². The van der Waals surface area contributed by atoms with Crippen molar-refractivity contribution >= 4 is 28.4 Å². The number of halogens is 1. The lowest BCUT2D eigenvalue weighted by Gasteiger charge is -2.34. The molecule has 1 aliphatic carbocycles. The molecule has 0 saturated carbocycles. The van der Waals surface area contributed by atoms with Crippen LogP contribution < -0.4 is 0 Å². The molecule has 0 aromatic rings. The Morgan fingerprint density at radius 1 is 1.50 bits per heavy atom. The Kier molecular flexibility index (Phi) is 4.35. The summed E-state index contributed by atoms with van der Waals surface area (Å²) in [5.41, 5.74) is 1.58. The van der Waals surface area contributed by atoms with Crippen molar-refractivity contribution in [1.29, 1.82) is 0 Å². The van der Waals surface area contributed by atoms with Crippen LogP contribution in [0.3, 0.4) is 0 Å². The molecule has 0 aromatic carbocycles. The fraction of sp³-hybridized carbons (Fsp3) is 0.615. The first-order chi connectivity index (χ1) is 7.25. The van der Waals surface area contributed by atoms with Crippen LogP contribution in [0, 0.1) is 5.41 Å². The van der Waals surface area contributed by atoms with E-state index in [1.165, 1.54) is 0 Å². The lowest BCUT2D eigenvalue weighted by atomic mass is 9.77. The molecule has 3 heteroatoms. The number of aliphatic hydroxyl groups is 1. The lowest BCUT2D eigenvalue weighted by molar-refractivity contribution is -0.112. The Morgan fingerprint density at radius 2 is 2.06 bits per heavy atom. The van der Waals surface area contributed by atoms with Crippen molar-refractivity contribution in [3.63, 3.8) is 0 Å². The minimum absolute atomic E-state index is 0.0142. The number of allylic oxidation sites excluding steroid dienone is 3. The van der Waals surface area contributed by atoms with Gasteiger partial charge in [0.2, 0.25) is 0 Å². The predicted octanol–water partition coefficient (Wildman–Crippen LogP) is 3.39. The van der Waals surface area contributed by atoms with Gasteiger partial charge in [0.1, 0.15) is 0 Å². The Balaban J connectivity index is 3.17. The molecule has 0 heterocycles. The van der Waals surface area contributed by atoms with E-state index in [4.69, 9.17) is 0 Å². The molecule has 0 aromatic heterocycles. The van der Waals surface area contributed by atoms with Gasteiger partial charge >= 0.3 is 0 Å². The zero-order chi connectivity index (χ0) is 12.5. The van der Waals surface area contributed by atoms with E-state index in [2.05, 4.69) is 36.4 Å². The fourth-order valence-electron chi connectivity index (χ4n) is 1.87. The summed E-state index contributed by atoms with van der Waals surface area (Å²) in [4.78, 5) is 12.0. The van der Waals surface area contributed by atoms with Crippen LogP contribution >= 0.6 is 22.6 Å². The number of hydrogen-bond donors (Lipinski definition) is 1. The zero-order valence-electron chi connectivity index (χ0n) is 10.3. The first-order valence-corrected chi connectivity index (χ1v) is 6.61. The minimum atomic E-state index is -0.594. The summed E-state index contributed by atoms with van der Waals surface area (Å²) in [6, 6.07) is 0. The van der Waals surface area contributed by atoms with Crippen molar-refractivity contribution in [3.05, 3.63) is 20.8 Å². The molecule has 1 N–H and O–H groups in total. The number of aliphatic hydroxyl groups excluding tert-OH is 1. The molecule has 0 fully saturated rings. The maximum absolute atomic E-state index is 12.0. The summed E-state index contributed by atoms with van der Waals surface area (Å²) in [7, 11) is 0. The number of rotatable bonds is 2. The van der Waals surface area contributed by atoms with Gasteiger partial charge < -0.3 is 5.11 Å². The normalized spacial score (nSPS) is 24.2. The summed E-state index contributed by atoms with van der Waals surface area (Å²) in [6.45, 7) is 8.03. The molecule has 1 aliphatic rings. The van der Waals surface area contributed by atoms with Gasteiger partial charge in [-0.2, -0.15) is 0 Å². The van der Waals surface area contributed by atoms with Crippen LogP contribution in [0.15, 0.2) is 20.8 Å². The largest absolute Gasteiger partial charge is 0.388 e. The first-order valence-electron chi connectivity index (χ1n) is 5.53. The van der Waals surface area contributed by atoms with Gasteiger partial charge in [0.25, 0.3) is 0 Å². The van der Waals surface area contributed by atoms with Crippen LogP contribution in [0.2, 0.25) is 0 Å². The van der Waals surface area contributed by atoms with E-state index in [0.717, 1.165) is 15.6 Å². The average Bonchev–Trinajstić information content (AvgIpc) is 2.12. The molecule has 0 bridgehead atoms. The molecule has 0 amide bonds. The van der Waals surface area contributed by atoms with Crippen molar-refractivity contribution in [3.8, 4) is 0 Å². The second-order valence-electron chi connectivity index (χ2n) is 5.25. The molecular weight excluding hydrogens is 315 g/mol. The fourth-order valence-corrected chi connectivity index (χ4v) is 2.77. The van der Waals surface area contributed by atoms with Gasteiger partial charge in [-0.15, -0.1) is 0 Å². The Hall–Kier alpha value is -0.160. The van der Waals surface area contributed by atoms with E-state index in [9.17, 15) is 9.90 Å². The van der Waals surface area contributed by atoms with E-state index in [1.54, 1.807) is 6.08 Å². The molecular formula is C13H19IO2. The van der Waals surface area contributed by atoms with Crippen LogP contribution in [0.25, 0.3) is 0 Å². The highest BCUT2D eigenvalue weighted by molar-refractivity contribution is 14.1. The number of carbonyl (C=O) groups excluding carboxylic acids is 1. The van der Waals surface area contributed by atoms with Crippen molar-refractivity contribution < 1.29 is 9.90 Å². The van der Waals surface area contributed by atoms with E-state index < -0.39 is 6.10 Å². The van der Waals surface area contributed by atoms with Gasteiger partial charge in [0.15, 0.2) is 5.78 Å². The molecule has 2 nitrogen and oxygen atoms in total. The van der Waals surface area contributed by atoms with Gasteiger partial charge in [-0.05, 0) is 60.8 Å². The first kappa shape index (κ1) is 13.9. The van der Waals surface area contributed by atoms with E-state index >= 15 is 0 Å². The summed E-state index contributed by atoms with van der Waals surface area (Å²) in [6.07, 6.45) is 2.62. The lowest BCUT2D eigenvalue weighted by Crippen LogP contribution is -2.30. The third kappa shape index (κ3) is 2.94. The maximum atomic E-state index is 12.0. The molecule has 90 valence electrons. The number of ketones is 1. The van der Waals surface area contributed by atoms with Crippen molar-refractivity contribution in [1.82, 2.24) is 0 Å². The second kappa shape index (κ2) is 5.00. The molecule has 16 heavy (non-hydrogen) atoms. The topological polar surface area (TPSA) is 37.3 Å². The third-order valence-corrected chi connectivity index (χ3v) is 4.93. The van der Waals surface area contributed by atoms with Crippen LogP contribution in [0.4, 0.5) is 0 Å². The minimum Gasteiger partial charge on any atom is -0.388 e. The standard InChI is InChI=1S/C13H19IO2/c1-8(2)7-10(16)11-9(15)5-6-13(3,4)12(11)14/h7,9,15H,5-6H2,1-4H3. The quantitative estimate of drug-likeness (QED) is 0.621. The highest BCUT2D eigenvalue weighted by Crippen LogP contribution is 2.44. The summed E-state index contributed by atoms with van der Waals surface area (Å²) in [5, 5.41) is 9.94.